The second-order valence-corrected chi connectivity index (χ2v) is 4.25. The van der Waals surface area contributed by atoms with Crippen molar-refractivity contribution in [2.45, 2.75) is 31.4 Å². The van der Waals surface area contributed by atoms with Crippen LogP contribution in [0.2, 0.25) is 0 Å². The molecule has 0 atom stereocenters. The number of hydrogen-bond acceptors (Lipinski definition) is 3. The van der Waals surface area contributed by atoms with E-state index < -0.39 is 5.60 Å². The third-order valence-electron chi connectivity index (χ3n) is 2.77. The molecule has 3 nitrogen and oxygen atoms in total. The highest BCUT2D eigenvalue weighted by molar-refractivity contribution is 5.25. The first-order valence-electron chi connectivity index (χ1n) is 5.28. The van der Waals surface area contributed by atoms with Gasteiger partial charge in [-0.25, -0.2) is 0 Å². The summed E-state index contributed by atoms with van der Waals surface area (Å²) < 4.78 is 0. The van der Waals surface area contributed by atoms with Gasteiger partial charge in [0.25, 0.3) is 0 Å². The minimum Gasteiger partial charge on any atom is -0.390 e. The zero-order valence-electron chi connectivity index (χ0n) is 8.99. The molecule has 0 amide bonds. The fraction of sp³-hybridized carbons (Fsp3) is 0.500. The van der Waals surface area contributed by atoms with Crippen molar-refractivity contribution < 1.29 is 9.94 Å². The zero-order valence-corrected chi connectivity index (χ0v) is 8.99. The summed E-state index contributed by atoms with van der Waals surface area (Å²) >= 11 is 0. The predicted molar refractivity (Wildman–Crippen MR) is 58.2 cm³/mol. The zero-order chi connectivity index (χ0) is 10.7. The quantitative estimate of drug-likeness (QED) is 0.717. The Morgan fingerprint density at radius 3 is 2.80 bits per heavy atom. The molecule has 0 spiro atoms. The lowest BCUT2D eigenvalue weighted by atomic mass is 10.0. The normalized spacial score (nSPS) is 17.7. The van der Waals surface area contributed by atoms with E-state index in [1.165, 1.54) is 11.1 Å². The van der Waals surface area contributed by atoms with E-state index in [1.807, 2.05) is 12.1 Å². The predicted octanol–water partition coefficient (Wildman–Crippen LogP) is 1.40. The van der Waals surface area contributed by atoms with Crippen LogP contribution < -0.4 is 5.48 Å². The van der Waals surface area contributed by atoms with Crippen LogP contribution >= 0.6 is 0 Å². The van der Waals surface area contributed by atoms with Crippen LogP contribution in [0.3, 0.4) is 0 Å². The molecular weight excluding hydrogens is 190 g/mol. The number of hydroxylamine groups is 1. The van der Waals surface area contributed by atoms with E-state index in [0.717, 1.165) is 19.3 Å². The average molecular weight is 207 g/mol. The molecule has 0 unspecified atom stereocenters. The van der Waals surface area contributed by atoms with Crippen molar-refractivity contribution in [3.63, 3.8) is 0 Å². The van der Waals surface area contributed by atoms with E-state index in [4.69, 9.17) is 4.84 Å². The summed E-state index contributed by atoms with van der Waals surface area (Å²) in [6.45, 7) is 0.697. The van der Waals surface area contributed by atoms with Crippen LogP contribution in [-0.2, 0) is 17.8 Å². The summed E-state index contributed by atoms with van der Waals surface area (Å²) in [5, 5.41) is 9.81. The van der Waals surface area contributed by atoms with Gasteiger partial charge in [0.15, 0.2) is 0 Å². The number of benzene rings is 1. The van der Waals surface area contributed by atoms with Gasteiger partial charge in [-0.3, -0.25) is 0 Å². The van der Waals surface area contributed by atoms with E-state index in [2.05, 4.69) is 17.6 Å². The summed E-state index contributed by atoms with van der Waals surface area (Å²) in [6, 6.07) is 8.25. The van der Waals surface area contributed by atoms with Crippen LogP contribution in [0, 0.1) is 0 Å². The Bertz CT molecular complexity index is 334. The van der Waals surface area contributed by atoms with Crippen molar-refractivity contribution in [1.29, 1.82) is 0 Å². The van der Waals surface area contributed by atoms with Gasteiger partial charge in [0, 0.05) is 13.0 Å². The highest BCUT2D eigenvalue weighted by atomic mass is 16.6. The van der Waals surface area contributed by atoms with Crippen LogP contribution in [0.25, 0.3) is 0 Å². The highest BCUT2D eigenvalue weighted by Crippen LogP contribution is 2.38. The minimum atomic E-state index is -0.409. The Labute approximate surface area is 90.0 Å². The molecule has 2 rings (SSSR count). The number of aliphatic hydroxyl groups is 1. The van der Waals surface area contributed by atoms with Gasteiger partial charge in [0.1, 0.15) is 0 Å². The summed E-state index contributed by atoms with van der Waals surface area (Å²) in [5.41, 5.74) is 4.78. The number of rotatable bonds is 5. The van der Waals surface area contributed by atoms with Gasteiger partial charge >= 0.3 is 0 Å². The molecule has 0 heterocycles. The highest BCUT2D eigenvalue weighted by Gasteiger charge is 2.39. The Morgan fingerprint density at radius 2 is 2.13 bits per heavy atom. The van der Waals surface area contributed by atoms with Gasteiger partial charge in [0.2, 0.25) is 0 Å². The Kier molecular flexibility index (Phi) is 3.05. The SMILES string of the molecule is CONCc1cccc(CC2(O)CC2)c1. The first kappa shape index (κ1) is 10.6. The molecule has 15 heavy (non-hydrogen) atoms. The molecule has 0 radical (unpaired) electrons. The molecule has 1 aliphatic rings. The maximum absolute atomic E-state index is 9.81. The summed E-state index contributed by atoms with van der Waals surface area (Å²) in [5.74, 6) is 0. The standard InChI is InChI=1S/C12H17NO2/c1-15-13-9-11-4-2-3-10(7-11)8-12(14)5-6-12/h2-4,7,13-14H,5-6,8-9H2,1H3. The van der Waals surface area contributed by atoms with Crippen LogP contribution in [0.4, 0.5) is 0 Å². The van der Waals surface area contributed by atoms with Crippen LogP contribution in [0.1, 0.15) is 24.0 Å². The molecule has 3 heteroatoms. The van der Waals surface area contributed by atoms with Crippen LogP contribution in [0.5, 0.6) is 0 Å². The first-order valence-corrected chi connectivity index (χ1v) is 5.28. The molecule has 1 saturated carbocycles. The lowest BCUT2D eigenvalue weighted by Crippen LogP contribution is -2.13. The molecule has 1 aliphatic carbocycles. The molecule has 0 aromatic heterocycles. The maximum Gasteiger partial charge on any atom is 0.0690 e. The number of hydrogen-bond donors (Lipinski definition) is 2. The van der Waals surface area contributed by atoms with Crippen molar-refractivity contribution in [2.75, 3.05) is 7.11 Å². The topological polar surface area (TPSA) is 41.5 Å². The van der Waals surface area contributed by atoms with Gasteiger partial charge in [-0.2, -0.15) is 5.48 Å². The average Bonchev–Trinajstić information content (AvgIpc) is 2.93. The van der Waals surface area contributed by atoms with Gasteiger partial charge in [0.05, 0.1) is 12.7 Å². The molecule has 0 aliphatic heterocycles. The summed E-state index contributed by atoms with van der Waals surface area (Å²) in [7, 11) is 1.61. The van der Waals surface area contributed by atoms with E-state index in [0.29, 0.717) is 6.54 Å². The van der Waals surface area contributed by atoms with Crippen molar-refractivity contribution in [2.24, 2.45) is 0 Å². The number of nitrogens with one attached hydrogen (secondary N) is 1. The third-order valence-corrected chi connectivity index (χ3v) is 2.77. The van der Waals surface area contributed by atoms with E-state index in [9.17, 15) is 5.11 Å². The molecule has 2 N–H and O–H groups in total. The molecule has 0 bridgehead atoms. The van der Waals surface area contributed by atoms with Gasteiger partial charge in [-0.1, -0.05) is 24.3 Å². The van der Waals surface area contributed by atoms with Gasteiger partial charge < -0.3 is 9.94 Å². The molecule has 0 saturated heterocycles. The lowest BCUT2D eigenvalue weighted by Gasteiger charge is -2.09. The maximum atomic E-state index is 9.81. The van der Waals surface area contributed by atoms with Crippen molar-refractivity contribution >= 4 is 0 Å². The largest absolute Gasteiger partial charge is 0.390 e. The Balaban J connectivity index is 1.98. The fourth-order valence-corrected chi connectivity index (χ4v) is 1.71. The second-order valence-electron chi connectivity index (χ2n) is 4.25. The van der Waals surface area contributed by atoms with E-state index >= 15 is 0 Å². The Morgan fingerprint density at radius 1 is 1.40 bits per heavy atom. The fourth-order valence-electron chi connectivity index (χ4n) is 1.71. The molecule has 1 aromatic carbocycles. The van der Waals surface area contributed by atoms with Crippen molar-refractivity contribution in [1.82, 2.24) is 5.48 Å². The van der Waals surface area contributed by atoms with Crippen LogP contribution in [-0.4, -0.2) is 17.8 Å². The van der Waals surface area contributed by atoms with E-state index in [-0.39, 0.29) is 0 Å². The van der Waals surface area contributed by atoms with Crippen molar-refractivity contribution in [3.05, 3.63) is 35.4 Å². The first-order chi connectivity index (χ1) is 7.22. The third kappa shape index (κ3) is 3.02. The van der Waals surface area contributed by atoms with Crippen molar-refractivity contribution in [3.8, 4) is 0 Å². The van der Waals surface area contributed by atoms with Gasteiger partial charge in [-0.05, 0) is 24.0 Å². The minimum absolute atomic E-state index is 0.409. The molecular formula is C12H17NO2. The smallest absolute Gasteiger partial charge is 0.0690 e. The summed E-state index contributed by atoms with van der Waals surface area (Å²) in [6.07, 6.45) is 2.65. The van der Waals surface area contributed by atoms with Gasteiger partial charge in [-0.15, -0.1) is 0 Å². The molecule has 82 valence electrons. The Hall–Kier alpha value is -0.900. The second kappa shape index (κ2) is 4.31. The molecule has 1 fully saturated rings. The monoisotopic (exact) mass is 207 g/mol. The van der Waals surface area contributed by atoms with Crippen LogP contribution in [0.15, 0.2) is 24.3 Å². The van der Waals surface area contributed by atoms with E-state index in [1.54, 1.807) is 7.11 Å². The molecule has 1 aromatic rings. The lowest BCUT2D eigenvalue weighted by molar-refractivity contribution is 0.0867. The summed E-state index contributed by atoms with van der Waals surface area (Å²) in [4.78, 5) is 4.80.